The van der Waals surface area contributed by atoms with Gasteiger partial charge in [0.15, 0.2) is 0 Å². The molecule has 0 radical (unpaired) electrons. The van der Waals surface area contributed by atoms with Gasteiger partial charge in [-0.05, 0) is 50.1 Å². The second kappa shape index (κ2) is 6.73. The van der Waals surface area contributed by atoms with Crippen molar-refractivity contribution in [2.75, 3.05) is 13.1 Å². The zero-order valence-corrected chi connectivity index (χ0v) is 12.5. The minimum atomic E-state index is 0.276. The highest BCUT2D eigenvalue weighted by Crippen LogP contribution is 2.35. The summed E-state index contributed by atoms with van der Waals surface area (Å²) in [6, 6.07) is 11.8. The van der Waals surface area contributed by atoms with Gasteiger partial charge in [0, 0.05) is 18.6 Å². The number of hydrogen-bond acceptors (Lipinski definition) is 2. The van der Waals surface area contributed by atoms with Crippen molar-refractivity contribution in [1.29, 1.82) is 0 Å². The average Bonchev–Trinajstić information content (AvgIpc) is 2.48. The summed E-state index contributed by atoms with van der Waals surface area (Å²) in [6.45, 7) is 2.35. The van der Waals surface area contributed by atoms with E-state index < -0.39 is 0 Å². The van der Waals surface area contributed by atoms with Gasteiger partial charge < -0.3 is 5.73 Å². The van der Waals surface area contributed by atoms with Crippen LogP contribution in [0.5, 0.6) is 0 Å². The average molecular weight is 272 g/mol. The molecule has 3 rings (SSSR count). The first-order valence-electron chi connectivity index (χ1n) is 8.36. The van der Waals surface area contributed by atoms with E-state index in [0.717, 1.165) is 24.9 Å². The van der Waals surface area contributed by atoms with Crippen molar-refractivity contribution in [3.8, 4) is 0 Å². The molecule has 2 aliphatic rings. The smallest absolute Gasteiger partial charge is 0.0208 e. The topological polar surface area (TPSA) is 29.3 Å². The molecule has 3 unspecified atom stereocenters. The zero-order chi connectivity index (χ0) is 13.8. The second-order valence-electron chi connectivity index (χ2n) is 6.70. The van der Waals surface area contributed by atoms with Crippen LogP contribution in [0.25, 0.3) is 0 Å². The normalized spacial score (nSPS) is 28.9. The molecule has 1 aliphatic heterocycles. The number of likely N-dealkylation sites (tertiary alicyclic amines) is 1. The summed E-state index contributed by atoms with van der Waals surface area (Å²) in [5.41, 5.74) is 7.79. The van der Waals surface area contributed by atoms with Crippen LogP contribution in [0.4, 0.5) is 0 Å². The van der Waals surface area contributed by atoms with Crippen molar-refractivity contribution >= 4 is 0 Å². The molecule has 2 fully saturated rings. The van der Waals surface area contributed by atoms with Gasteiger partial charge in [-0.25, -0.2) is 0 Å². The number of piperidine rings is 1. The second-order valence-corrected chi connectivity index (χ2v) is 6.70. The van der Waals surface area contributed by atoms with Crippen molar-refractivity contribution in [3.05, 3.63) is 35.9 Å². The Kier molecular flexibility index (Phi) is 4.74. The molecule has 110 valence electrons. The largest absolute Gasteiger partial charge is 0.326 e. The van der Waals surface area contributed by atoms with Crippen molar-refractivity contribution in [2.45, 2.75) is 57.0 Å². The summed E-state index contributed by atoms with van der Waals surface area (Å²) in [7, 11) is 0. The predicted octanol–water partition coefficient (Wildman–Crippen LogP) is 3.21. The molecule has 1 saturated heterocycles. The molecule has 1 aromatic carbocycles. The highest BCUT2D eigenvalue weighted by atomic mass is 15.2. The zero-order valence-electron chi connectivity index (χ0n) is 12.5. The molecule has 2 N–H and O–H groups in total. The summed E-state index contributed by atoms with van der Waals surface area (Å²) in [4.78, 5) is 2.71. The van der Waals surface area contributed by atoms with Gasteiger partial charge >= 0.3 is 0 Å². The Labute approximate surface area is 123 Å². The van der Waals surface area contributed by atoms with E-state index in [9.17, 15) is 0 Å². The predicted molar refractivity (Wildman–Crippen MR) is 84.7 cm³/mol. The third-order valence-corrected chi connectivity index (χ3v) is 5.17. The Morgan fingerprint density at radius 1 is 1.05 bits per heavy atom. The number of benzene rings is 1. The Morgan fingerprint density at radius 2 is 1.80 bits per heavy atom. The highest BCUT2D eigenvalue weighted by Gasteiger charge is 2.33. The molecule has 0 spiro atoms. The van der Waals surface area contributed by atoms with E-state index in [1.165, 1.54) is 50.6 Å². The lowest BCUT2D eigenvalue weighted by atomic mass is 9.78. The van der Waals surface area contributed by atoms with E-state index in [1.807, 2.05) is 0 Å². The third-order valence-electron chi connectivity index (χ3n) is 5.17. The monoisotopic (exact) mass is 272 g/mol. The van der Waals surface area contributed by atoms with E-state index in [4.69, 9.17) is 5.73 Å². The van der Waals surface area contributed by atoms with Gasteiger partial charge in [0.05, 0.1) is 0 Å². The Bertz CT molecular complexity index is 401. The van der Waals surface area contributed by atoms with E-state index in [2.05, 4.69) is 35.2 Å². The summed E-state index contributed by atoms with van der Waals surface area (Å²) >= 11 is 0. The fraction of sp³-hybridized carbons (Fsp3) is 0.667. The van der Waals surface area contributed by atoms with Gasteiger partial charge in [0.2, 0.25) is 0 Å². The summed E-state index contributed by atoms with van der Waals surface area (Å²) < 4.78 is 0. The molecule has 1 aromatic rings. The first-order chi connectivity index (χ1) is 9.83. The molecular formula is C18H28N2. The minimum absolute atomic E-state index is 0.276. The molecule has 2 heteroatoms. The van der Waals surface area contributed by atoms with E-state index in [-0.39, 0.29) is 6.04 Å². The van der Waals surface area contributed by atoms with Gasteiger partial charge in [-0.1, -0.05) is 43.2 Å². The van der Waals surface area contributed by atoms with Gasteiger partial charge in [-0.2, -0.15) is 0 Å². The Hall–Kier alpha value is -0.860. The maximum absolute atomic E-state index is 6.42. The molecule has 20 heavy (non-hydrogen) atoms. The van der Waals surface area contributed by atoms with Gasteiger partial charge in [-0.15, -0.1) is 0 Å². The van der Waals surface area contributed by atoms with Gasteiger partial charge in [-0.3, -0.25) is 4.90 Å². The molecule has 2 nitrogen and oxygen atoms in total. The van der Waals surface area contributed by atoms with Crippen LogP contribution in [0.2, 0.25) is 0 Å². The number of nitrogens with zero attached hydrogens (tertiary/aromatic N) is 1. The maximum atomic E-state index is 6.42. The van der Waals surface area contributed by atoms with E-state index >= 15 is 0 Å². The number of rotatable bonds is 4. The van der Waals surface area contributed by atoms with Crippen LogP contribution in [0, 0.1) is 5.92 Å². The highest BCUT2D eigenvalue weighted by molar-refractivity contribution is 5.15. The molecule has 0 aromatic heterocycles. The van der Waals surface area contributed by atoms with Crippen molar-refractivity contribution in [3.63, 3.8) is 0 Å². The van der Waals surface area contributed by atoms with Crippen molar-refractivity contribution in [2.24, 2.45) is 11.7 Å². The van der Waals surface area contributed by atoms with Crippen LogP contribution in [0.1, 0.15) is 44.1 Å². The quantitative estimate of drug-likeness (QED) is 0.912. The fourth-order valence-corrected chi connectivity index (χ4v) is 4.24. The van der Waals surface area contributed by atoms with Crippen molar-refractivity contribution in [1.82, 2.24) is 4.90 Å². The molecule has 3 atom stereocenters. The van der Waals surface area contributed by atoms with E-state index in [0.29, 0.717) is 0 Å². The van der Waals surface area contributed by atoms with E-state index in [1.54, 1.807) is 0 Å². The van der Waals surface area contributed by atoms with Crippen LogP contribution in [-0.4, -0.2) is 30.1 Å². The first kappa shape index (κ1) is 14.1. The summed E-state index contributed by atoms with van der Waals surface area (Å²) in [5, 5.41) is 0. The maximum Gasteiger partial charge on any atom is 0.0208 e. The van der Waals surface area contributed by atoms with Crippen LogP contribution in [-0.2, 0) is 6.42 Å². The van der Waals surface area contributed by atoms with Crippen LogP contribution >= 0.6 is 0 Å². The van der Waals surface area contributed by atoms with Crippen LogP contribution in [0.15, 0.2) is 30.3 Å². The Morgan fingerprint density at radius 3 is 2.65 bits per heavy atom. The number of hydrogen-bond donors (Lipinski definition) is 1. The fourth-order valence-electron chi connectivity index (χ4n) is 4.24. The van der Waals surface area contributed by atoms with Crippen LogP contribution in [0.3, 0.4) is 0 Å². The summed E-state index contributed by atoms with van der Waals surface area (Å²) in [5.74, 6) is 0.960. The summed E-state index contributed by atoms with van der Waals surface area (Å²) in [6.07, 6.45) is 9.57. The lowest BCUT2D eigenvalue weighted by Gasteiger charge is -2.45. The Balaban J connectivity index is 1.56. The number of fused-ring (bicyclic) bond motifs is 1. The third kappa shape index (κ3) is 3.42. The van der Waals surface area contributed by atoms with Gasteiger partial charge in [0.25, 0.3) is 0 Å². The molecule has 0 amide bonds. The van der Waals surface area contributed by atoms with Crippen molar-refractivity contribution < 1.29 is 0 Å². The minimum Gasteiger partial charge on any atom is -0.326 e. The SMILES string of the molecule is NC(Cc1ccccc1)CN1CCCC2CCCCC21. The molecule has 1 saturated carbocycles. The lowest BCUT2D eigenvalue weighted by Crippen LogP contribution is -2.51. The molecule has 1 aliphatic carbocycles. The molecule has 1 heterocycles. The number of nitrogens with two attached hydrogens (primary N) is 1. The molecular weight excluding hydrogens is 244 g/mol. The van der Waals surface area contributed by atoms with Gasteiger partial charge in [0.1, 0.15) is 0 Å². The first-order valence-corrected chi connectivity index (χ1v) is 8.36. The molecule has 0 bridgehead atoms. The lowest BCUT2D eigenvalue weighted by molar-refractivity contribution is 0.0562. The van der Waals surface area contributed by atoms with Crippen LogP contribution < -0.4 is 5.73 Å². The standard InChI is InChI=1S/C18H28N2/c19-17(13-15-7-2-1-3-8-15)14-20-12-6-10-16-9-4-5-11-18(16)20/h1-3,7-8,16-18H,4-6,9-14,19H2.